The lowest BCUT2D eigenvalue weighted by Gasteiger charge is -2.64. The Kier molecular flexibility index (Phi) is 7.57. The smallest absolute Gasteiger partial charge is 0.170 e. The first kappa shape index (κ1) is 32.9. The molecule has 8 heteroatoms. The normalized spacial score (nSPS) is 55.4. The maximum absolute atomic E-state index is 12.4. The molecule has 5 aliphatic carbocycles. The van der Waals surface area contributed by atoms with Gasteiger partial charge in [-0.25, -0.2) is 0 Å². The standard InChI is InChI=1S/C38H63NO7/c1-22-18-24(31(40)34(4,5)42)45-30-29(22)35(6)13-14-38-21-37(38)12-10-27(46-28-19-39(15-17-44-28)23-11-16-43-20-23)33(2,3)25(37)8-9-26(38)36(35,7)32(30)41/h22-32,40-42H,8-21H2,1-7H3. The molecule has 0 aromatic heterocycles. The molecule has 0 bridgehead atoms. The number of aliphatic hydroxyl groups is 3. The van der Waals surface area contributed by atoms with Crippen LogP contribution in [-0.2, 0) is 18.9 Å². The van der Waals surface area contributed by atoms with Crippen LogP contribution in [0.5, 0.6) is 0 Å². The molecule has 3 N–H and O–H groups in total. The van der Waals surface area contributed by atoms with Gasteiger partial charge in [-0.05, 0) is 117 Å². The first-order chi connectivity index (χ1) is 21.6. The molecule has 0 aromatic carbocycles. The molecule has 262 valence electrons. The molecule has 3 saturated heterocycles. The minimum absolute atomic E-state index is 0.0158. The van der Waals surface area contributed by atoms with E-state index in [1.54, 1.807) is 13.8 Å². The number of hydrogen-bond donors (Lipinski definition) is 3. The van der Waals surface area contributed by atoms with Gasteiger partial charge in [-0.15, -0.1) is 0 Å². The van der Waals surface area contributed by atoms with E-state index in [9.17, 15) is 15.3 Å². The number of fused-ring (bicyclic) bond motifs is 4. The number of rotatable bonds is 5. The second-order valence-electron chi connectivity index (χ2n) is 19.1. The molecule has 0 amide bonds. The third kappa shape index (κ3) is 4.26. The van der Waals surface area contributed by atoms with Crippen molar-refractivity contribution in [1.29, 1.82) is 0 Å². The van der Waals surface area contributed by atoms with Gasteiger partial charge < -0.3 is 34.3 Å². The lowest BCUT2D eigenvalue weighted by atomic mass is 9.41. The van der Waals surface area contributed by atoms with Crippen LogP contribution in [0.4, 0.5) is 0 Å². The van der Waals surface area contributed by atoms with Gasteiger partial charge in [0.25, 0.3) is 0 Å². The zero-order valence-corrected chi connectivity index (χ0v) is 29.7. The molecule has 3 aliphatic heterocycles. The summed E-state index contributed by atoms with van der Waals surface area (Å²) in [6.45, 7) is 19.7. The molecule has 15 unspecified atom stereocenters. The molecule has 8 rings (SSSR count). The quantitative estimate of drug-likeness (QED) is 0.394. The summed E-state index contributed by atoms with van der Waals surface area (Å²) in [7, 11) is 0. The van der Waals surface area contributed by atoms with Crippen LogP contribution in [0.1, 0.15) is 106 Å². The van der Waals surface area contributed by atoms with Crippen molar-refractivity contribution in [1.82, 2.24) is 4.90 Å². The van der Waals surface area contributed by atoms with Gasteiger partial charge >= 0.3 is 0 Å². The van der Waals surface area contributed by atoms with Crippen molar-refractivity contribution < 1.29 is 34.3 Å². The SMILES string of the molecule is CC1CC(C(O)C(C)(C)O)OC2C1C1(C)CCC34CC35CCC(OC3CN(C6CCOC6)CCO3)C(C)(C)C5CCC4C1(C)C2O. The zero-order chi connectivity index (χ0) is 32.7. The van der Waals surface area contributed by atoms with Gasteiger partial charge in [0.2, 0.25) is 0 Å². The fourth-order valence-corrected chi connectivity index (χ4v) is 14.3. The molecule has 8 fully saturated rings. The lowest BCUT2D eigenvalue weighted by Crippen LogP contribution is -2.60. The van der Waals surface area contributed by atoms with Gasteiger partial charge in [0, 0.05) is 31.2 Å². The third-order valence-corrected chi connectivity index (χ3v) is 16.6. The van der Waals surface area contributed by atoms with E-state index in [0.29, 0.717) is 29.2 Å². The van der Waals surface area contributed by atoms with Crippen LogP contribution >= 0.6 is 0 Å². The Labute approximate surface area is 277 Å². The molecule has 46 heavy (non-hydrogen) atoms. The number of aliphatic hydroxyl groups excluding tert-OH is 2. The van der Waals surface area contributed by atoms with Crippen LogP contribution in [0.15, 0.2) is 0 Å². The molecule has 0 aromatic rings. The van der Waals surface area contributed by atoms with Crippen LogP contribution in [-0.4, -0.2) is 102 Å². The molecule has 8 aliphatic rings. The fourth-order valence-electron chi connectivity index (χ4n) is 14.3. The van der Waals surface area contributed by atoms with Gasteiger partial charge in [0.05, 0.1) is 43.2 Å². The van der Waals surface area contributed by atoms with Crippen molar-refractivity contribution in [3.8, 4) is 0 Å². The summed E-state index contributed by atoms with van der Waals surface area (Å²) < 4.78 is 25.5. The minimum Gasteiger partial charge on any atom is -0.390 e. The zero-order valence-electron chi connectivity index (χ0n) is 29.7. The van der Waals surface area contributed by atoms with Crippen LogP contribution in [0.3, 0.4) is 0 Å². The van der Waals surface area contributed by atoms with E-state index in [4.69, 9.17) is 18.9 Å². The lowest BCUT2D eigenvalue weighted by molar-refractivity contribution is -0.251. The molecular formula is C38H63NO7. The Morgan fingerprint density at radius 2 is 1.70 bits per heavy atom. The predicted octanol–water partition coefficient (Wildman–Crippen LogP) is 4.76. The molecular weight excluding hydrogens is 582 g/mol. The first-order valence-corrected chi connectivity index (χ1v) is 18.9. The predicted molar refractivity (Wildman–Crippen MR) is 174 cm³/mol. The summed E-state index contributed by atoms with van der Waals surface area (Å²) in [5.41, 5.74) is -0.804. The Morgan fingerprint density at radius 1 is 0.957 bits per heavy atom. The van der Waals surface area contributed by atoms with Crippen molar-refractivity contribution in [2.75, 3.05) is 32.9 Å². The monoisotopic (exact) mass is 645 g/mol. The fraction of sp³-hybridized carbons (Fsp3) is 1.00. The largest absolute Gasteiger partial charge is 0.390 e. The van der Waals surface area contributed by atoms with E-state index in [2.05, 4.69) is 39.5 Å². The van der Waals surface area contributed by atoms with Crippen LogP contribution < -0.4 is 0 Å². The number of hydrogen-bond acceptors (Lipinski definition) is 8. The highest BCUT2D eigenvalue weighted by atomic mass is 16.7. The summed E-state index contributed by atoms with van der Waals surface area (Å²) in [4.78, 5) is 2.53. The van der Waals surface area contributed by atoms with Crippen molar-refractivity contribution in [3.05, 3.63) is 0 Å². The van der Waals surface area contributed by atoms with Gasteiger partial charge in [-0.3, -0.25) is 4.90 Å². The van der Waals surface area contributed by atoms with Crippen LogP contribution in [0, 0.1) is 50.7 Å². The highest BCUT2D eigenvalue weighted by Gasteiger charge is 2.84. The van der Waals surface area contributed by atoms with E-state index in [0.717, 1.165) is 65.0 Å². The van der Waals surface area contributed by atoms with Gasteiger partial charge in [-0.1, -0.05) is 34.6 Å². The molecule has 8 nitrogen and oxygen atoms in total. The second kappa shape index (κ2) is 10.6. The third-order valence-electron chi connectivity index (χ3n) is 16.6. The maximum Gasteiger partial charge on any atom is 0.170 e. The first-order valence-electron chi connectivity index (χ1n) is 18.9. The van der Waals surface area contributed by atoms with E-state index >= 15 is 0 Å². The molecule has 3 heterocycles. The summed E-state index contributed by atoms with van der Waals surface area (Å²) in [6, 6.07) is 0.498. The maximum atomic E-state index is 12.4. The number of ether oxygens (including phenoxy) is 4. The van der Waals surface area contributed by atoms with Crippen LogP contribution in [0.25, 0.3) is 0 Å². The van der Waals surface area contributed by atoms with Crippen molar-refractivity contribution in [2.45, 2.75) is 155 Å². The van der Waals surface area contributed by atoms with E-state index in [-0.39, 0.29) is 46.1 Å². The summed E-state index contributed by atoms with van der Waals surface area (Å²) in [5.74, 6) is 1.66. The average Bonchev–Trinajstić information content (AvgIpc) is 3.26. The molecule has 15 atom stereocenters. The Balaban J connectivity index is 1.02. The topological polar surface area (TPSA) is 101 Å². The summed E-state index contributed by atoms with van der Waals surface area (Å²) in [5, 5.41) is 34.1. The van der Waals surface area contributed by atoms with E-state index < -0.39 is 23.9 Å². The number of nitrogens with zero attached hydrogens (tertiary/aromatic N) is 1. The molecule has 0 radical (unpaired) electrons. The minimum atomic E-state index is -1.24. The molecule has 5 saturated carbocycles. The summed E-state index contributed by atoms with van der Waals surface area (Å²) in [6.07, 6.45) is 7.91. The highest BCUT2D eigenvalue weighted by Crippen LogP contribution is 2.89. The van der Waals surface area contributed by atoms with Gasteiger partial charge in [0.15, 0.2) is 6.29 Å². The van der Waals surface area contributed by atoms with Gasteiger partial charge in [0.1, 0.15) is 6.10 Å². The Bertz CT molecular complexity index is 1180. The second-order valence-corrected chi connectivity index (χ2v) is 19.1. The van der Waals surface area contributed by atoms with Crippen LogP contribution in [0.2, 0.25) is 0 Å². The van der Waals surface area contributed by atoms with Crippen molar-refractivity contribution in [3.63, 3.8) is 0 Å². The summed E-state index contributed by atoms with van der Waals surface area (Å²) >= 11 is 0. The van der Waals surface area contributed by atoms with E-state index in [1.165, 1.54) is 25.7 Å². The Hall–Kier alpha value is -0.320. The number of morpholine rings is 1. The Morgan fingerprint density at radius 3 is 2.41 bits per heavy atom. The van der Waals surface area contributed by atoms with Gasteiger partial charge in [-0.2, -0.15) is 0 Å². The highest BCUT2D eigenvalue weighted by molar-refractivity contribution is 5.33. The average molecular weight is 646 g/mol. The van der Waals surface area contributed by atoms with Crippen molar-refractivity contribution >= 4 is 0 Å². The molecule has 2 spiro atoms. The van der Waals surface area contributed by atoms with E-state index in [1.807, 2.05) is 0 Å². The van der Waals surface area contributed by atoms with Crippen molar-refractivity contribution in [2.24, 2.45) is 50.7 Å².